The second-order valence-corrected chi connectivity index (χ2v) is 7.03. The van der Waals surface area contributed by atoms with Crippen molar-refractivity contribution in [3.05, 3.63) is 24.3 Å². The number of hydrogen-bond donors (Lipinski definition) is 0. The standard InChI is InChI=1S/C14H22N2OS/c1-12(14-11-15-8-9-16-14)18(17)10-4-7-13-5-2-3-6-13/h8-9,11-13H,2-7,10H2,1H3/t12-,18-/m0/s1. The summed E-state index contributed by atoms with van der Waals surface area (Å²) in [6, 6.07) is 0. The Hall–Kier alpha value is -0.770. The number of hydrogen-bond acceptors (Lipinski definition) is 3. The summed E-state index contributed by atoms with van der Waals surface area (Å²) >= 11 is 0. The molecule has 0 aliphatic heterocycles. The number of nitrogens with zero attached hydrogens (tertiary/aromatic N) is 2. The van der Waals surface area contributed by atoms with Crippen LogP contribution in [0.2, 0.25) is 0 Å². The molecule has 1 heterocycles. The Morgan fingerprint density at radius 2 is 2.17 bits per heavy atom. The van der Waals surface area contributed by atoms with Crippen molar-refractivity contribution in [1.82, 2.24) is 9.97 Å². The van der Waals surface area contributed by atoms with E-state index in [-0.39, 0.29) is 5.25 Å². The lowest BCUT2D eigenvalue weighted by molar-refractivity contribution is 0.497. The van der Waals surface area contributed by atoms with Crippen LogP contribution in [0.1, 0.15) is 56.4 Å². The van der Waals surface area contributed by atoms with Gasteiger partial charge in [-0.1, -0.05) is 25.7 Å². The van der Waals surface area contributed by atoms with Gasteiger partial charge in [-0.25, -0.2) is 0 Å². The van der Waals surface area contributed by atoms with E-state index in [9.17, 15) is 4.21 Å². The molecule has 2 atom stereocenters. The summed E-state index contributed by atoms with van der Waals surface area (Å²) in [5.74, 6) is 1.70. The molecule has 0 N–H and O–H groups in total. The molecule has 1 aliphatic rings. The highest BCUT2D eigenvalue weighted by atomic mass is 32.2. The lowest BCUT2D eigenvalue weighted by Crippen LogP contribution is -2.09. The molecule has 0 bridgehead atoms. The third-order valence-electron chi connectivity index (χ3n) is 3.83. The average Bonchev–Trinajstić information content (AvgIpc) is 2.92. The predicted octanol–water partition coefficient (Wildman–Crippen LogP) is 3.26. The number of aromatic nitrogens is 2. The summed E-state index contributed by atoms with van der Waals surface area (Å²) in [6.45, 7) is 1.98. The third kappa shape index (κ3) is 3.87. The topological polar surface area (TPSA) is 42.9 Å². The highest BCUT2D eigenvalue weighted by molar-refractivity contribution is 7.85. The fraction of sp³-hybridized carbons (Fsp3) is 0.714. The van der Waals surface area contributed by atoms with Crippen LogP contribution in [0.3, 0.4) is 0 Å². The van der Waals surface area contributed by atoms with Crippen LogP contribution in [-0.2, 0) is 10.8 Å². The van der Waals surface area contributed by atoms with Crippen molar-refractivity contribution in [3.63, 3.8) is 0 Å². The Bertz CT molecular complexity index is 377. The highest BCUT2D eigenvalue weighted by Gasteiger charge is 2.17. The average molecular weight is 266 g/mol. The van der Waals surface area contributed by atoms with E-state index in [0.29, 0.717) is 0 Å². The number of rotatable bonds is 6. The van der Waals surface area contributed by atoms with Gasteiger partial charge in [0.05, 0.1) is 10.9 Å². The van der Waals surface area contributed by atoms with Crippen LogP contribution < -0.4 is 0 Å². The zero-order valence-electron chi connectivity index (χ0n) is 11.0. The molecule has 1 fully saturated rings. The van der Waals surface area contributed by atoms with Gasteiger partial charge in [0.2, 0.25) is 0 Å². The van der Waals surface area contributed by atoms with Gasteiger partial charge in [0.25, 0.3) is 0 Å². The minimum Gasteiger partial charge on any atom is -0.261 e. The molecular weight excluding hydrogens is 244 g/mol. The Kier molecular flexibility index (Phi) is 5.29. The van der Waals surface area contributed by atoms with Gasteiger partial charge in [-0.05, 0) is 25.7 Å². The van der Waals surface area contributed by atoms with E-state index in [1.165, 1.54) is 32.1 Å². The molecule has 0 radical (unpaired) electrons. The molecule has 0 aromatic carbocycles. The molecule has 0 unspecified atom stereocenters. The summed E-state index contributed by atoms with van der Waals surface area (Å²) in [4.78, 5) is 8.26. The van der Waals surface area contributed by atoms with Gasteiger partial charge < -0.3 is 0 Å². The highest BCUT2D eigenvalue weighted by Crippen LogP contribution is 2.29. The van der Waals surface area contributed by atoms with E-state index in [2.05, 4.69) is 9.97 Å². The van der Waals surface area contributed by atoms with Crippen LogP contribution in [0.25, 0.3) is 0 Å². The van der Waals surface area contributed by atoms with Gasteiger partial charge in [0.15, 0.2) is 0 Å². The maximum Gasteiger partial charge on any atom is 0.0756 e. The molecule has 0 spiro atoms. The predicted molar refractivity (Wildman–Crippen MR) is 74.6 cm³/mol. The van der Waals surface area contributed by atoms with Crippen LogP contribution in [0.15, 0.2) is 18.6 Å². The Labute approximate surface area is 112 Å². The first-order valence-electron chi connectivity index (χ1n) is 6.90. The SMILES string of the molecule is C[C@@H](c1cnccn1)[S@@](=O)CCCC1CCCC1. The molecule has 1 saturated carbocycles. The fourth-order valence-corrected chi connectivity index (χ4v) is 3.84. The first kappa shape index (κ1) is 13.7. The van der Waals surface area contributed by atoms with Crippen LogP contribution in [-0.4, -0.2) is 19.9 Å². The Balaban J connectivity index is 1.74. The summed E-state index contributed by atoms with van der Waals surface area (Å²) in [6.07, 6.45) is 12.9. The van der Waals surface area contributed by atoms with Gasteiger partial charge in [-0.2, -0.15) is 0 Å². The van der Waals surface area contributed by atoms with Crippen molar-refractivity contribution in [3.8, 4) is 0 Å². The molecule has 1 aromatic rings. The second kappa shape index (κ2) is 6.98. The van der Waals surface area contributed by atoms with Crippen LogP contribution in [0, 0.1) is 5.92 Å². The van der Waals surface area contributed by atoms with Crippen molar-refractivity contribution in [1.29, 1.82) is 0 Å². The molecular formula is C14H22N2OS. The van der Waals surface area contributed by atoms with Gasteiger partial charge in [-0.15, -0.1) is 0 Å². The molecule has 1 aliphatic carbocycles. The zero-order chi connectivity index (χ0) is 12.8. The van der Waals surface area contributed by atoms with E-state index in [0.717, 1.165) is 23.8 Å². The maximum absolute atomic E-state index is 12.2. The molecule has 4 heteroatoms. The van der Waals surface area contributed by atoms with E-state index in [1.807, 2.05) is 6.92 Å². The van der Waals surface area contributed by atoms with Crippen molar-refractivity contribution >= 4 is 10.8 Å². The van der Waals surface area contributed by atoms with Gasteiger partial charge in [0.1, 0.15) is 0 Å². The Morgan fingerprint density at radius 1 is 1.39 bits per heavy atom. The van der Waals surface area contributed by atoms with Gasteiger partial charge in [0, 0.05) is 35.1 Å². The smallest absolute Gasteiger partial charge is 0.0756 e. The van der Waals surface area contributed by atoms with E-state index in [4.69, 9.17) is 0 Å². The molecule has 2 rings (SSSR count). The van der Waals surface area contributed by atoms with Crippen LogP contribution in [0.4, 0.5) is 0 Å². The quantitative estimate of drug-likeness (QED) is 0.793. The molecule has 3 nitrogen and oxygen atoms in total. The van der Waals surface area contributed by atoms with E-state index < -0.39 is 10.8 Å². The largest absolute Gasteiger partial charge is 0.261 e. The minimum absolute atomic E-state index is 0.00211. The Morgan fingerprint density at radius 3 is 2.83 bits per heavy atom. The zero-order valence-corrected chi connectivity index (χ0v) is 11.9. The van der Waals surface area contributed by atoms with Crippen LogP contribution in [0.5, 0.6) is 0 Å². The third-order valence-corrected chi connectivity index (χ3v) is 5.55. The molecule has 1 aromatic heterocycles. The lowest BCUT2D eigenvalue weighted by Gasteiger charge is -2.12. The van der Waals surface area contributed by atoms with E-state index in [1.54, 1.807) is 18.6 Å². The molecule has 100 valence electrons. The summed E-state index contributed by atoms with van der Waals surface area (Å²) in [5, 5.41) is 0.00211. The minimum atomic E-state index is -0.818. The first-order valence-corrected chi connectivity index (χ1v) is 8.28. The van der Waals surface area contributed by atoms with Crippen molar-refractivity contribution in [2.75, 3.05) is 5.75 Å². The molecule has 0 saturated heterocycles. The summed E-state index contributed by atoms with van der Waals surface area (Å²) < 4.78 is 12.2. The van der Waals surface area contributed by atoms with Crippen molar-refractivity contribution in [2.45, 2.75) is 50.7 Å². The maximum atomic E-state index is 12.2. The second-order valence-electron chi connectivity index (χ2n) is 5.15. The van der Waals surface area contributed by atoms with Crippen molar-refractivity contribution < 1.29 is 4.21 Å². The van der Waals surface area contributed by atoms with Gasteiger partial charge >= 0.3 is 0 Å². The summed E-state index contributed by atoms with van der Waals surface area (Å²) in [5.41, 5.74) is 0.844. The normalized spacial score (nSPS) is 19.8. The fourth-order valence-electron chi connectivity index (χ4n) is 2.65. The molecule has 0 amide bonds. The summed E-state index contributed by atoms with van der Waals surface area (Å²) in [7, 11) is -0.818. The monoisotopic (exact) mass is 266 g/mol. The van der Waals surface area contributed by atoms with Crippen molar-refractivity contribution in [2.24, 2.45) is 5.92 Å². The lowest BCUT2D eigenvalue weighted by atomic mass is 10.0. The van der Waals surface area contributed by atoms with E-state index >= 15 is 0 Å². The van der Waals surface area contributed by atoms with Crippen LogP contribution >= 0.6 is 0 Å². The van der Waals surface area contributed by atoms with Gasteiger partial charge in [-0.3, -0.25) is 14.2 Å². The first-order chi connectivity index (χ1) is 8.77. The molecule has 18 heavy (non-hydrogen) atoms.